The van der Waals surface area contributed by atoms with E-state index in [1.807, 2.05) is 35.5 Å². The first kappa shape index (κ1) is 18.3. The lowest BCUT2D eigenvalue weighted by Gasteiger charge is -2.21. The Morgan fingerprint density at radius 3 is 2.90 bits per heavy atom. The van der Waals surface area contributed by atoms with Gasteiger partial charge in [-0.3, -0.25) is 9.36 Å². The van der Waals surface area contributed by atoms with Gasteiger partial charge in [-0.25, -0.2) is 4.39 Å². The molecule has 9 heteroatoms. The number of nitrogen functional groups attached to an aromatic ring is 1. The lowest BCUT2D eigenvalue weighted by atomic mass is 9.99. The van der Waals surface area contributed by atoms with E-state index >= 15 is 0 Å². The van der Waals surface area contributed by atoms with Crippen molar-refractivity contribution in [3.63, 3.8) is 0 Å². The molecule has 30 heavy (non-hydrogen) atoms. The van der Waals surface area contributed by atoms with Crippen LogP contribution in [0.3, 0.4) is 0 Å². The molecule has 1 atom stereocenters. The second-order valence-corrected chi connectivity index (χ2v) is 7.18. The number of aryl methyl sites for hydroxylation is 1. The molecule has 0 unspecified atom stereocenters. The minimum absolute atomic E-state index is 0.176. The van der Waals surface area contributed by atoms with Crippen molar-refractivity contribution in [1.82, 2.24) is 29.8 Å². The zero-order chi connectivity index (χ0) is 20.8. The Morgan fingerprint density at radius 2 is 2.07 bits per heavy atom. The second-order valence-electron chi connectivity index (χ2n) is 7.18. The first-order valence-electron chi connectivity index (χ1n) is 9.71. The lowest BCUT2D eigenvalue weighted by molar-refractivity contribution is 0.227. The lowest BCUT2D eigenvalue weighted by Crippen LogP contribution is -2.13. The molecule has 0 saturated heterocycles. The molecule has 0 amide bonds. The Bertz CT molecular complexity index is 1250. The number of anilines is 1. The van der Waals surface area contributed by atoms with E-state index in [9.17, 15) is 4.39 Å². The average Bonchev–Trinajstić information content (AvgIpc) is 3.36. The number of rotatable bonds is 1. The van der Waals surface area contributed by atoms with Crippen LogP contribution in [-0.4, -0.2) is 29.8 Å². The zero-order valence-corrected chi connectivity index (χ0v) is 16.6. The van der Waals surface area contributed by atoms with E-state index < -0.39 is 6.10 Å². The summed E-state index contributed by atoms with van der Waals surface area (Å²) in [5.41, 5.74) is 10.8. The van der Waals surface area contributed by atoms with Crippen LogP contribution in [0, 0.1) is 5.82 Å². The van der Waals surface area contributed by atoms with Gasteiger partial charge in [0.05, 0.1) is 24.1 Å². The molecule has 4 aromatic rings. The van der Waals surface area contributed by atoms with Gasteiger partial charge in [0.15, 0.2) is 11.6 Å². The molecule has 2 N–H and O–H groups in total. The summed E-state index contributed by atoms with van der Waals surface area (Å²) in [5.74, 6) is 0.233. The fourth-order valence-corrected chi connectivity index (χ4v) is 3.88. The third-order valence-electron chi connectivity index (χ3n) is 5.31. The number of halogens is 1. The molecule has 0 radical (unpaired) electrons. The van der Waals surface area contributed by atoms with Crippen molar-refractivity contribution >= 4 is 5.82 Å². The molecular weight excluding hydrogens is 385 g/mol. The molecule has 4 heterocycles. The molecule has 1 aromatic carbocycles. The van der Waals surface area contributed by atoms with Crippen LogP contribution < -0.4 is 10.5 Å². The topological polar surface area (TPSA) is 96.7 Å². The van der Waals surface area contributed by atoms with Gasteiger partial charge in [0.2, 0.25) is 0 Å². The molecule has 152 valence electrons. The third kappa shape index (κ3) is 2.90. The predicted molar refractivity (Wildman–Crippen MR) is 109 cm³/mol. The SMILES string of the molecule is CCn1ncc2c1-c1cc(c(N)nn1)O[C@H](C)c1cc(F)ccc1-c1ccnn1C2. The molecule has 0 aliphatic carbocycles. The highest BCUT2D eigenvalue weighted by Gasteiger charge is 2.23. The van der Waals surface area contributed by atoms with Gasteiger partial charge in [-0.05, 0) is 38.1 Å². The average molecular weight is 405 g/mol. The highest BCUT2D eigenvalue weighted by molar-refractivity contribution is 5.67. The molecule has 0 spiro atoms. The van der Waals surface area contributed by atoms with Gasteiger partial charge in [0, 0.05) is 35.5 Å². The molecule has 1 aliphatic heterocycles. The Labute approximate surface area is 172 Å². The summed E-state index contributed by atoms with van der Waals surface area (Å²) >= 11 is 0. The van der Waals surface area contributed by atoms with Crippen molar-refractivity contribution < 1.29 is 9.13 Å². The highest BCUT2D eigenvalue weighted by Crippen LogP contribution is 2.36. The first-order valence-corrected chi connectivity index (χ1v) is 9.71. The van der Waals surface area contributed by atoms with Gasteiger partial charge in [0.1, 0.15) is 17.6 Å². The van der Waals surface area contributed by atoms with Gasteiger partial charge in [-0.1, -0.05) is 0 Å². The Hall–Kier alpha value is -3.75. The molecular formula is C21H20FN7O. The van der Waals surface area contributed by atoms with Crippen LogP contribution in [0.25, 0.3) is 22.6 Å². The fraction of sp³-hybridized carbons (Fsp3) is 0.238. The number of aromatic nitrogens is 6. The number of hydrogen-bond acceptors (Lipinski definition) is 6. The summed E-state index contributed by atoms with van der Waals surface area (Å²) in [6, 6.07) is 8.34. The van der Waals surface area contributed by atoms with Gasteiger partial charge < -0.3 is 10.5 Å². The van der Waals surface area contributed by atoms with Crippen LogP contribution >= 0.6 is 0 Å². The van der Waals surface area contributed by atoms with Gasteiger partial charge in [-0.2, -0.15) is 10.2 Å². The molecule has 5 rings (SSSR count). The summed E-state index contributed by atoms with van der Waals surface area (Å²) in [5, 5.41) is 17.4. The number of nitrogens with two attached hydrogens (primary N) is 1. The van der Waals surface area contributed by atoms with Crippen LogP contribution in [0.1, 0.15) is 31.1 Å². The van der Waals surface area contributed by atoms with Crippen molar-refractivity contribution in [1.29, 1.82) is 0 Å². The van der Waals surface area contributed by atoms with Crippen molar-refractivity contribution in [3.8, 4) is 28.4 Å². The summed E-state index contributed by atoms with van der Waals surface area (Å²) in [7, 11) is 0. The first-order chi connectivity index (χ1) is 14.5. The molecule has 2 bridgehead atoms. The van der Waals surface area contributed by atoms with Gasteiger partial charge in [-0.15, -0.1) is 10.2 Å². The number of ether oxygens (including phenoxy) is 1. The summed E-state index contributed by atoms with van der Waals surface area (Å²) < 4.78 is 24.0. The highest BCUT2D eigenvalue weighted by atomic mass is 19.1. The van der Waals surface area contributed by atoms with E-state index in [-0.39, 0.29) is 11.6 Å². The minimum atomic E-state index is -0.478. The van der Waals surface area contributed by atoms with Crippen molar-refractivity contribution in [2.45, 2.75) is 33.0 Å². The molecule has 0 fully saturated rings. The third-order valence-corrected chi connectivity index (χ3v) is 5.31. The van der Waals surface area contributed by atoms with Crippen molar-refractivity contribution in [3.05, 3.63) is 59.7 Å². The standard InChI is InChI=1S/C21H20FN7O/c1-3-28-20-13(10-25-28)11-29-18(6-7-24-29)15-5-4-14(22)8-16(15)12(2)30-19-9-17(20)26-27-21(19)23/h4-10,12H,3,11H2,1-2H3,(H2,23,27)/t12-/m1/s1. The summed E-state index contributed by atoms with van der Waals surface area (Å²) in [6.45, 7) is 5.01. The number of hydrogen-bond donors (Lipinski definition) is 1. The van der Waals surface area contributed by atoms with Crippen LogP contribution in [0.5, 0.6) is 5.75 Å². The molecule has 0 saturated carbocycles. The molecule has 3 aromatic heterocycles. The van der Waals surface area contributed by atoms with E-state index in [4.69, 9.17) is 10.5 Å². The van der Waals surface area contributed by atoms with E-state index in [1.165, 1.54) is 12.1 Å². The molecule has 1 aliphatic rings. The Balaban J connectivity index is 1.79. The number of benzene rings is 1. The maximum Gasteiger partial charge on any atom is 0.188 e. The maximum absolute atomic E-state index is 14.1. The van der Waals surface area contributed by atoms with Crippen molar-refractivity contribution in [2.24, 2.45) is 0 Å². The van der Waals surface area contributed by atoms with E-state index in [1.54, 1.807) is 18.3 Å². The quantitative estimate of drug-likeness (QED) is 0.521. The second kappa shape index (κ2) is 6.94. The van der Waals surface area contributed by atoms with Gasteiger partial charge in [0.25, 0.3) is 0 Å². The zero-order valence-electron chi connectivity index (χ0n) is 16.6. The van der Waals surface area contributed by atoms with Crippen LogP contribution in [0.2, 0.25) is 0 Å². The minimum Gasteiger partial charge on any atom is -0.482 e. The van der Waals surface area contributed by atoms with Crippen LogP contribution in [-0.2, 0) is 13.1 Å². The smallest absolute Gasteiger partial charge is 0.188 e. The Kier molecular flexibility index (Phi) is 4.23. The maximum atomic E-state index is 14.1. The van der Waals surface area contributed by atoms with Crippen LogP contribution in [0.4, 0.5) is 10.2 Å². The normalized spacial score (nSPS) is 15.2. The Morgan fingerprint density at radius 1 is 1.20 bits per heavy atom. The number of nitrogens with zero attached hydrogens (tertiary/aromatic N) is 6. The van der Waals surface area contributed by atoms with E-state index in [0.29, 0.717) is 30.1 Å². The monoisotopic (exact) mass is 405 g/mol. The van der Waals surface area contributed by atoms with Gasteiger partial charge >= 0.3 is 0 Å². The largest absolute Gasteiger partial charge is 0.482 e. The molecule has 8 nitrogen and oxygen atoms in total. The van der Waals surface area contributed by atoms with Crippen LogP contribution in [0.15, 0.2) is 42.7 Å². The van der Waals surface area contributed by atoms with E-state index in [2.05, 4.69) is 20.4 Å². The predicted octanol–water partition coefficient (Wildman–Crippen LogP) is 3.45. The number of fused-ring (bicyclic) bond motifs is 7. The fourth-order valence-electron chi connectivity index (χ4n) is 3.88. The summed E-state index contributed by atoms with van der Waals surface area (Å²) in [4.78, 5) is 0. The summed E-state index contributed by atoms with van der Waals surface area (Å²) in [6.07, 6.45) is 3.06. The van der Waals surface area contributed by atoms with Crippen molar-refractivity contribution in [2.75, 3.05) is 5.73 Å². The van der Waals surface area contributed by atoms with E-state index in [0.717, 1.165) is 22.5 Å².